The van der Waals surface area contributed by atoms with E-state index in [2.05, 4.69) is 22.9 Å². The zero-order valence-electron chi connectivity index (χ0n) is 12.4. The molecule has 1 rings (SSSR count). The summed E-state index contributed by atoms with van der Waals surface area (Å²) < 4.78 is 0. The van der Waals surface area contributed by atoms with Crippen LogP contribution in [0, 0.1) is 0 Å². The zero-order chi connectivity index (χ0) is 15.7. The maximum Gasteiger partial charge on any atom is 0.224 e. The van der Waals surface area contributed by atoms with Crippen LogP contribution in [-0.2, 0) is 9.59 Å². The van der Waals surface area contributed by atoms with Crippen molar-refractivity contribution in [1.82, 2.24) is 5.32 Å². The second-order valence-corrected chi connectivity index (χ2v) is 5.13. The van der Waals surface area contributed by atoms with Crippen LogP contribution >= 0.6 is 12.2 Å². The topological polar surface area (TPSA) is 70.2 Å². The number of nitrogens with one attached hydrogen (secondary N) is 3. The quantitative estimate of drug-likeness (QED) is 0.558. The van der Waals surface area contributed by atoms with E-state index in [-0.39, 0.29) is 16.9 Å². The third kappa shape index (κ3) is 7.41. The van der Waals surface area contributed by atoms with E-state index in [9.17, 15) is 9.59 Å². The molecule has 2 amide bonds. The van der Waals surface area contributed by atoms with Crippen LogP contribution in [0.5, 0.6) is 0 Å². The highest BCUT2D eigenvalue weighted by Crippen LogP contribution is 2.15. The summed E-state index contributed by atoms with van der Waals surface area (Å²) in [5.41, 5.74) is 1.41. The predicted molar refractivity (Wildman–Crippen MR) is 89.3 cm³/mol. The lowest BCUT2D eigenvalue weighted by molar-refractivity contribution is -0.118. The van der Waals surface area contributed by atoms with Gasteiger partial charge >= 0.3 is 0 Å². The Balaban J connectivity index is 2.53. The van der Waals surface area contributed by atoms with Gasteiger partial charge in [0.2, 0.25) is 11.8 Å². The lowest BCUT2D eigenvalue weighted by Crippen LogP contribution is -2.32. The van der Waals surface area contributed by atoms with Gasteiger partial charge in [-0.1, -0.05) is 25.8 Å². The fraction of sp³-hybridized carbons (Fsp3) is 0.400. The summed E-state index contributed by atoms with van der Waals surface area (Å²) in [6.07, 6.45) is 3.57. The molecule has 0 bridgehead atoms. The molecule has 0 aliphatic carbocycles. The lowest BCUT2D eigenvalue weighted by Gasteiger charge is -2.10. The Bertz CT molecular complexity index is 517. The Morgan fingerprint density at radius 1 is 1.14 bits per heavy atom. The number of thiocarbonyl (C=S) groups is 1. The van der Waals surface area contributed by atoms with Gasteiger partial charge in [0.1, 0.15) is 0 Å². The van der Waals surface area contributed by atoms with Crippen LogP contribution < -0.4 is 16.0 Å². The lowest BCUT2D eigenvalue weighted by atomic mass is 10.2. The molecule has 0 radical (unpaired) electrons. The Kier molecular flexibility index (Phi) is 7.39. The van der Waals surface area contributed by atoms with E-state index in [1.165, 1.54) is 6.92 Å². The van der Waals surface area contributed by atoms with E-state index in [4.69, 9.17) is 12.2 Å². The minimum Gasteiger partial charge on any atom is -0.332 e. The van der Waals surface area contributed by atoms with Crippen LogP contribution in [0.2, 0.25) is 0 Å². The van der Waals surface area contributed by atoms with Gasteiger partial charge in [0.25, 0.3) is 0 Å². The second kappa shape index (κ2) is 9.07. The van der Waals surface area contributed by atoms with E-state index in [1.54, 1.807) is 18.2 Å². The molecule has 0 aliphatic rings. The molecule has 21 heavy (non-hydrogen) atoms. The van der Waals surface area contributed by atoms with Gasteiger partial charge in [-0.2, -0.15) is 0 Å². The van der Waals surface area contributed by atoms with Gasteiger partial charge in [-0.05, 0) is 36.8 Å². The van der Waals surface area contributed by atoms with E-state index >= 15 is 0 Å². The highest BCUT2D eigenvalue weighted by Gasteiger charge is 2.04. The monoisotopic (exact) mass is 307 g/mol. The number of rotatable bonds is 6. The number of unbranched alkanes of at least 4 members (excludes halogenated alkanes) is 2. The third-order valence-corrected chi connectivity index (χ3v) is 2.91. The van der Waals surface area contributed by atoms with Gasteiger partial charge in [0.15, 0.2) is 5.11 Å². The minimum atomic E-state index is -0.229. The molecule has 0 saturated heterocycles. The highest BCUT2D eigenvalue weighted by molar-refractivity contribution is 7.80. The Morgan fingerprint density at radius 3 is 2.43 bits per heavy atom. The average molecular weight is 307 g/mol. The molecule has 5 nitrogen and oxygen atoms in total. The van der Waals surface area contributed by atoms with Crippen LogP contribution in [0.1, 0.15) is 39.5 Å². The van der Waals surface area contributed by atoms with Gasteiger partial charge in [-0.3, -0.25) is 9.59 Å². The Morgan fingerprint density at radius 2 is 1.81 bits per heavy atom. The van der Waals surface area contributed by atoms with Crippen LogP contribution in [0.4, 0.5) is 11.4 Å². The number of hydrogen-bond donors (Lipinski definition) is 3. The summed E-state index contributed by atoms with van der Waals surface area (Å²) in [6.45, 7) is 3.49. The number of benzene rings is 1. The molecule has 6 heteroatoms. The van der Waals surface area contributed by atoms with Crippen molar-refractivity contribution < 1.29 is 9.59 Å². The third-order valence-electron chi connectivity index (χ3n) is 2.70. The average Bonchev–Trinajstić information content (AvgIpc) is 2.38. The molecule has 0 saturated carbocycles. The molecule has 0 unspecified atom stereocenters. The first-order valence-electron chi connectivity index (χ1n) is 6.99. The van der Waals surface area contributed by atoms with Crippen molar-refractivity contribution in [1.29, 1.82) is 0 Å². The number of hydrogen-bond acceptors (Lipinski definition) is 3. The SMILES string of the molecule is CCCCCC(=O)Nc1cccc(NC(=S)NC(C)=O)c1. The van der Waals surface area contributed by atoms with Crippen LogP contribution in [-0.4, -0.2) is 16.9 Å². The van der Waals surface area contributed by atoms with Crippen molar-refractivity contribution in [3.63, 3.8) is 0 Å². The molecule has 0 heterocycles. The van der Waals surface area contributed by atoms with Crippen molar-refractivity contribution in [2.45, 2.75) is 39.5 Å². The van der Waals surface area contributed by atoms with Gasteiger partial charge in [0.05, 0.1) is 0 Å². The number of anilines is 2. The largest absolute Gasteiger partial charge is 0.332 e. The smallest absolute Gasteiger partial charge is 0.224 e. The number of carbonyl (C=O) groups excluding carboxylic acids is 2. The summed E-state index contributed by atoms with van der Waals surface area (Å²) in [7, 11) is 0. The van der Waals surface area contributed by atoms with Crippen molar-refractivity contribution in [3.05, 3.63) is 24.3 Å². The first-order valence-corrected chi connectivity index (χ1v) is 7.40. The number of amides is 2. The molecule has 0 spiro atoms. The van der Waals surface area contributed by atoms with E-state index in [1.807, 2.05) is 6.07 Å². The molecule has 0 fully saturated rings. The Hall–Kier alpha value is -1.95. The standard InChI is InChI=1S/C15H21N3O2S/c1-3-4-5-9-14(20)17-12-7-6-8-13(10-12)18-15(21)16-11(2)19/h6-8,10H,3-5,9H2,1-2H3,(H,17,20)(H2,16,18,19,21). The summed E-state index contributed by atoms with van der Waals surface area (Å²) in [4.78, 5) is 22.6. The highest BCUT2D eigenvalue weighted by atomic mass is 32.1. The summed E-state index contributed by atoms with van der Waals surface area (Å²) in [6, 6.07) is 7.19. The van der Waals surface area contributed by atoms with E-state index < -0.39 is 0 Å². The summed E-state index contributed by atoms with van der Waals surface area (Å²) in [5.74, 6) is -0.224. The fourth-order valence-electron chi connectivity index (χ4n) is 1.76. The summed E-state index contributed by atoms with van der Waals surface area (Å²) in [5, 5.41) is 8.44. The van der Waals surface area contributed by atoms with Crippen molar-refractivity contribution in [2.75, 3.05) is 10.6 Å². The van der Waals surface area contributed by atoms with Gasteiger partial charge in [-0.15, -0.1) is 0 Å². The van der Waals surface area contributed by atoms with Crippen molar-refractivity contribution >= 4 is 40.5 Å². The molecule has 3 N–H and O–H groups in total. The zero-order valence-corrected chi connectivity index (χ0v) is 13.2. The van der Waals surface area contributed by atoms with Gasteiger partial charge < -0.3 is 16.0 Å². The van der Waals surface area contributed by atoms with Crippen LogP contribution in [0.3, 0.4) is 0 Å². The normalized spacial score (nSPS) is 9.81. The van der Waals surface area contributed by atoms with Crippen molar-refractivity contribution in [3.8, 4) is 0 Å². The fourth-order valence-corrected chi connectivity index (χ4v) is 2.02. The second-order valence-electron chi connectivity index (χ2n) is 4.72. The van der Waals surface area contributed by atoms with Crippen LogP contribution in [0.25, 0.3) is 0 Å². The number of carbonyl (C=O) groups is 2. The van der Waals surface area contributed by atoms with Gasteiger partial charge in [-0.25, -0.2) is 0 Å². The molecule has 0 atom stereocenters. The molecular formula is C15H21N3O2S. The molecular weight excluding hydrogens is 286 g/mol. The van der Waals surface area contributed by atoms with Crippen molar-refractivity contribution in [2.24, 2.45) is 0 Å². The minimum absolute atomic E-state index is 0.00466. The molecule has 114 valence electrons. The van der Waals surface area contributed by atoms with E-state index in [0.29, 0.717) is 17.8 Å². The van der Waals surface area contributed by atoms with Gasteiger partial charge in [0, 0.05) is 24.7 Å². The summed E-state index contributed by atoms with van der Waals surface area (Å²) >= 11 is 4.98. The van der Waals surface area contributed by atoms with Crippen LogP contribution in [0.15, 0.2) is 24.3 Å². The molecule has 1 aromatic carbocycles. The maximum atomic E-state index is 11.8. The first-order chi connectivity index (χ1) is 10.0. The molecule has 1 aromatic rings. The maximum absolute atomic E-state index is 11.8. The predicted octanol–water partition coefficient (Wildman–Crippen LogP) is 3.04. The molecule has 0 aromatic heterocycles. The Labute approximate surface area is 130 Å². The van der Waals surface area contributed by atoms with E-state index in [0.717, 1.165) is 19.3 Å². The first kappa shape index (κ1) is 17.1. The molecule has 0 aliphatic heterocycles.